The summed E-state index contributed by atoms with van der Waals surface area (Å²) in [6.45, 7) is 1.45. The van der Waals surface area contributed by atoms with Gasteiger partial charge in [-0.25, -0.2) is 4.98 Å². The fourth-order valence-corrected chi connectivity index (χ4v) is 1.48. The summed E-state index contributed by atoms with van der Waals surface area (Å²) < 4.78 is 5.53. The predicted octanol–water partition coefficient (Wildman–Crippen LogP) is 2.95. The van der Waals surface area contributed by atoms with Crippen molar-refractivity contribution in [3.05, 3.63) is 53.7 Å². The Balaban J connectivity index is 2.34. The minimum absolute atomic E-state index is 0.116. The zero-order valence-corrected chi connectivity index (χ0v) is 9.75. The van der Waals surface area contributed by atoms with Crippen LogP contribution in [0.3, 0.4) is 0 Å². The number of benzene rings is 1. The third-order valence-electron chi connectivity index (χ3n) is 2.33. The maximum absolute atomic E-state index is 11.4. The molecule has 0 amide bonds. The Morgan fingerprint density at radius 2 is 2.17 bits per heavy atom. The van der Waals surface area contributed by atoms with Crippen molar-refractivity contribution in [2.45, 2.75) is 6.92 Å². The number of carbonyl (C=O) groups excluding carboxylic acids is 1. The van der Waals surface area contributed by atoms with Crippen LogP contribution < -0.4 is 4.74 Å². The number of pyridine rings is 1. The monoisotopic (exact) mass is 238 g/mol. The van der Waals surface area contributed by atoms with E-state index in [0.717, 1.165) is 0 Å². The molecular formula is C14H10N2O2. The largest absolute Gasteiger partial charge is 0.438 e. The molecule has 88 valence electrons. The number of carbonyl (C=O) groups is 1. The van der Waals surface area contributed by atoms with E-state index in [9.17, 15) is 4.79 Å². The molecule has 0 atom stereocenters. The zero-order valence-electron chi connectivity index (χ0n) is 9.75. The summed E-state index contributed by atoms with van der Waals surface area (Å²) >= 11 is 0. The lowest BCUT2D eigenvalue weighted by Gasteiger charge is -2.07. The molecule has 1 heterocycles. The highest BCUT2D eigenvalue weighted by Gasteiger charge is 2.10. The Labute approximate surface area is 104 Å². The van der Waals surface area contributed by atoms with Gasteiger partial charge in [0.2, 0.25) is 5.88 Å². The summed E-state index contributed by atoms with van der Waals surface area (Å²) in [5.74, 6) is 0.616. The first-order valence-corrected chi connectivity index (χ1v) is 5.34. The lowest BCUT2D eigenvalue weighted by Crippen LogP contribution is -1.98. The van der Waals surface area contributed by atoms with Gasteiger partial charge < -0.3 is 4.74 Å². The number of rotatable bonds is 3. The van der Waals surface area contributed by atoms with E-state index in [2.05, 4.69) is 4.98 Å². The van der Waals surface area contributed by atoms with Crippen molar-refractivity contribution < 1.29 is 9.53 Å². The summed E-state index contributed by atoms with van der Waals surface area (Å²) in [6.07, 6.45) is 1.55. The number of ketones is 1. The van der Waals surface area contributed by atoms with Gasteiger partial charge in [0, 0.05) is 6.20 Å². The second-order valence-corrected chi connectivity index (χ2v) is 3.65. The van der Waals surface area contributed by atoms with Crippen molar-refractivity contribution in [1.82, 2.24) is 4.98 Å². The second kappa shape index (κ2) is 5.11. The number of hydrogen-bond donors (Lipinski definition) is 0. The molecule has 1 aromatic carbocycles. The van der Waals surface area contributed by atoms with E-state index >= 15 is 0 Å². The van der Waals surface area contributed by atoms with Crippen LogP contribution in [0.15, 0.2) is 42.6 Å². The van der Waals surface area contributed by atoms with Gasteiger partial charge in [0.25, 0.3) is 0 Å². The topological polar surface area (TPSA) is 63.0 Å². The van der Waals surface area contributed by atoms with E-state index < -0.39 is 0 Å². The van der Waals surface area contributed by atoms with Gasteiger partial charge in [0.05, 0.1) is 17.2 Å². The summed E-state index contributed by atoms with van der Waals surface area (Å²) in [7, 11) is 0. The molecular weight excluding hydrogens is 228 g/mol. The quantitative estimate of drug-likeness (QED) is 0.771. The van der Waals surface area contributed by atoms with Gasteiger partial charge in [-0.1, -0.05) is 6.07 Å². The number of nitriles is 1. The van der Waals surface area contributed by atoms with Crippen molar-refractivity contribution >= 4 is 5.78 Å². The van der Waals surface area contributed by atoms with Crippen molar-refractivity contribution in [2.75, 3.05) is 0 Å². The minimum Gasteiger partial charge on any atom is -0.438 e. The van der Waals surface area contributed by atoms with Crippen LogP contribution in [0.5, 0.6) is 11.6 Å². The number of nitrogens with zero attached hydrogens (tertiary/aromatic N) is 2. The van der Waals surface area contributed by atoms with Gasteiger partial charge in [0.15, 0.2) is 5.78 Å². The normalized spacial score (nSPS) is 9.56. The second-order valence-electron chi connectivity index (χ2n) is 3.65. The summed E-state index contributed by atoms with van der Waals surface area (Å²) in [5.41, 5.74) is 0.910. The molecule has 0 bridgehead atoms. The molecule has 0 aliphatic carbocycles. The van der Waals surface area contributed by atoms with E-state index in [1.165, 1.54) is 6.92 Å². The molecule has 1 aromatic heterocycles. The molecule has 18 heavy (non-hydrogen) atoms. The van der Waals surface area contributed by atoms with Crippen molar-refractivity contribution in [1.29, 1.82) is 5.26 Å². The fraction of sp³-hybridized carbons (Fsp3) is 0.0714. The van der Waals surface area contributed by atoms with Gasteiger partial charge in [-0.05, 0) is 37.3 Å². The van der Waals surface area contributed by atoms with Gasteiger partial charge in [-0.15, -0.1) is 0 Å². The first-order chi connectivity index (χ1) is 8.70. The number of ether oxygens (including phenoxy) is 1. The first kappa shape index (κ1) is 11.8. The molecule has 0 saturated carbocycles. The van der Waals surface area contributed by atoms with E-state index in [0.29, 0.717) is 16.9 Å². The predicted molar refractivity (Wildman–Crippen MR) is 65.5 cm³/mol. The fourth-order valence-electron chi connectivity index (χ4n) is 1.48. The first-order valence-electron chi connectivity index (χ1n) is 5.34. The molecule has 4 nitrogen and oxygen atoms in total. The molecule has 2 rings (SSSR count). The smallest absolute Gasteiger partial charge is 0.230 e. The Hall–Kier alpha value is -2.67. The Morgan fingerprint density at radius 1 is 1.33 bits per heavy atom. The van der Waals surface area contributed by atoms with Crippen LogP contribution in [-0.2, 0) is 0 Å². The molecule has 0 unspecified atom stereocenters. The SMILES string of the molecule is CC(=O)c1cccnc1Oc1cccc(C#N)c1. The molecule has 4 heteroatoms. The van der Waals surface area contributed by atoms with Crippen molar-refractivity contribution in [2.24, 2.45) is 0 Å². The van der Waals surface area contributed by atoms with E-state index in [1.54, 1.807) is 42.6 Å². The standard InChI is InChI=1S/C14H10N2O2/c1-10(17)13-6-3-7-16-14(13)18-12-5-2-4-11(8-12)9-15/h2-8H,1H3. The van der Waals surface area contributed by atoms with Gasteiger partial charge in [-0.2, -0.15) is 5.26 Å². The summed E-state index contributed by atoms with van der Waals surface area (Å²) in [5, 5.41) is 8.80. The van der Waals surface area contributed by atoms with Crippen LogP contribution in [-0.4, -0.2) is 10.8 Å². The highest BCUT2D eigenvalue weighted by Crippen LogP contribution is 2.23. The molecule has 2 aromatic rings. The third kappa shape index (κ3) is 2.53. The zero-order chi connectivity index (χ0) is 13.0. The van der Waals surface area contributed by atoms with Gasteiger partial charge in [0.1, 0.15) is 5.75 Å². The third-order valence-corrected chi connectivity index (χ3v) is 2.33. The van der Waals surface area contributed by atoms with Crippen LogP contribution >= 0.6 is 0 Å². The summed E-state index contributed by atoms with van der Waals surface area (Å²) in [6, 6.07) is 12.0. The number of hydrogen-bond acceptors (Lipinski definition) is 4. The highest BCUT2D eigenvalue weighted by molar-refractivity contribution is 5.96. The molecule has 0 aliphatic rings. The van der Waals surface area contributed by atoms with Crippen molar-refractivity contribution in [3.63, 3.8) is 0 Å². The molecule has 0 fully saturated rings. The average molecular weight is 238 g/mol. The van der Waals surface area contributed by atoms with Crippen LogP contribution in [0.1, 0.15) is 22.8 Å². The minimum atomic E-state index is -0.116. The van der Waals surface area contributed by atoms with Gasteiger partial charge in [-0.3, -0.25) is 4.79 Å². The van der Waals surface area contributed by atoms with Crippen LogP contribution in [0.25, 0.3) is 0 Å². The molecule has 0 N–H and O–H groups in total. The maximum Gasteiger partial charge on any atom is 0.230 e. The van der Waals surface area contributed by atoms with Crippen LogP contribution in [0, 0.1) is 11.3 Å². The molecule has 0 radical (unpaired) electrons. The van der Waals surface area contributed by atoms with Crippen LogP contribution in [0.4, 0.5) is 0 Å². The maximum atomic E-state index is 11.4. The van der Waals surface area contributed by atoms with E-state index in [-0.39, 0.29) is 11.7 Å². The lowest BCUT2D eigenvalue weighted by molar-refractivity contribution is 0.101. The highest BCUT2D eigenvalue weighted by atomic mass is 16.5. The molecule has 0 spiro atoms. The summed E-state index contributed by atoms with van der Waals surface area (Å²) in [4.78, 5) is 15.4. The van der Waals surface area contributed by atoms with E-state index in [1.807, 2.05) is 6.07 Å². The van der Waals surface area contributed by atoms with Crippen molar-refractivity contribution in [3.8, 4) is 17.7 Å². The Morgan fingerprint density at radius 3 is 2.89 bits per heavy atom. The number of Topliss-reactive ketones (excluding diaryl/α,β-unsaturated/α-hetero) is 1. The average Bonchev–Trinajstić information content (AvgIpc) is 2.39. The Kier molecular flexibility index (Phi) is 3.35. The molecule has 0 saturated heterocycles. The van der Waals surface area contributed by atoms with Crippen LogP contribution in [0.2, 0.25) is 0 Å². The molecule has 0 aliphatic heterocycles. The Bertz CT molecular complexity index is 630. The lowest BCUT2D eigenvalue weighted by atomic mass is 10.2. The van der Waals surface area contributed by atoms with E-state index in [4.69, 9.17) is 10.00 Å². The number of aromatic nitrogens is 1. The van der Waals surface area contributed by atoms with Gasteiger partial charge >= 0.3 is 0 Å².